The van der Waals surface area contributed by atoms with E-state index in [-0.39, 0.29) is 18.9 Å². The van der Waals surface area contributed by atoms with Crippen LogP contribution in [0.4, 0.5) is 0 Å². The molecule has 0 aromatic carbocycles. The summed E-state index contributed by atoms with van der Waals surface area (Å²) in [7, 11) is 0. The van der Waals surface area contributed by atoms with Crippen molar-refractivity contribution in [1.29, 1.82) is 0 Å². The van der Waals surface area contributed by atoms with Crippen LogP contribution in [0.2, 0.25) is 0 Å². The molecule has 1 aliphatic rings. The van der Waals surface area contributed by atoms with Crippen molar-refractivity contribution >= 4 is 0 Å². The smallest absolute Gasteiger partial charge is 0.325 e. The Kier molecular flexibility index (Phi) is 3.70. The summed E-state index contributed by atoms with van der Waals surface area (Å²) in [6, 6.07) is 0. The standard InChI is InChI=1S/C9H18N.Li/c1-8(2)6-5-7-9(3,4)10-8;/h5,10H,6-7H2,1-4H3;/q-1;+1. The van der Waals surface area contributed by atoms with E-state index in [4.69, 9.17) is 0 Å². The molecule has 2 heteroatoms. The van der Waals surface area contributed by atoms with Crippen LogP contribution in [-0.4, -0.2) is 11.1 Å². The fourth-order valence-electron chi connectivity index (χ4n) is 1.81. The van der Waals surface area contributed by atoms with Gasteiger partial charge in [-0.15, -0.1) is 0 Å². The second-order valence-electron chi connectivity index (χ2n) is 4.59. The van der Waals surface area contributed by atoms with Gasteiger partial charge in [-0.2, -0.15) is 12.8 Å². The first kappa shape index (κ1) is 11.6. The first-order valence-corrected chi connectivity index (χ1v) is 4.02. The molecule has 0 unspecified atom stereocenters. The molecule has 0 spiro atoms. The molecule has 1 N–H and O–H groups in total. The molecule has 1 fully saturated rings. The summed E-state index contributed by atoms with van der Waals surface area (Å²) in [5.41, 5.74) is 0.615. The van der Waals surface area contributed by atoms with Crippen LogP contribution in [-0.2, 0) is 0 Å². The van der Waals surface area contributed by atoms with Crippen molar-refractivity contribution in [2.45, 2.75) is 51.6 Å². The molecule has 1 nitrogen and oxygen atoms in total. The van der Waals surface area contributed by atoms with Gasteiger partial charge in [0.15, 0.2) is 0 Å². The molecule has 0 atom stereocenters. The van der Waals surface area contributed by atoms with Gasteiger partial charge in [0.25, 0.3) is 0 Å². The first-order chi connectivity index (χ1) is 4.41. The number of piperidine rings is 1. The van der Waals surface area contributed by atoms with Crippen LogP contribution in [0.1, 0.15) is 40.5 Å². The van der Waals surface area contributed by atoms with Gasteiger partial charge in [-0.3, -0.25) is 0 Å². The molecule has 1 heterocycles. The molecule has 0 radical (unpaired) electrons. The predicted molar refractivity (Wildman–Crippen MR) is 44.8 cm³/mol. The van der Waals surface area contributed by atoms with Crippen LogP contribution >= 0.6 is 0 Å². The molecule has 1 saturated heterocycles. The summed E-state index contributed by atoms with van der Waals surface area (Å²) in [5.74, 6) is 0. The summed E-state index contributed by atoms with van der Waals surface area (Å²) in [4.78, 5) is 0. The Bertz CT molecular complexity index is 116. The maximum Gasteiger partial charge on any atom is 1.00 e. The van der Waals surface area contributed by atoms with Crippen molar-refractivity contribution in [1.82, 2.24) is 5.32 Å². The zero-order chi connectivity index (χ0) is 7.83. The summed E-state index contributed by atoms with van der Waals surface area (Å²) in [5, 5.41) is 3.60. The Morgan fingerprint density at radius 1 is 1.00 bits per heavy atom. The van der Waals surface area contributed by atoms with Gasteiger partial charge >= 0.3 is 18.9 Å². The Morgan fingerprint density at radius 2 is 1.36 bits per heavy atom. The minimum Gasteiger partial charge on any atom is -0.325 e. The van der Waals surface area contributed by atoms with Crippen LogP contribution in [0.25, 0.3) is 0 Å². The van der Waals surface area contributed by atoms with Gasteiger partial charge in [-0.25, -0.2) is 0 Å². The number of hydrogen-bond donors (Lipinski definition) is 1. The van der Waals surface area contributed by atoms with Gasteiger partial charge in [-0.1, -0.05) is 0 Å². The molecule has 0 aliphatic carbocycles. The SMILES string of the molecule is CC1(C)C[CH-]CC(C)(C)N1.[Li+]. The van der Waals surface area contributed by atoms with E-state index in [1.807, 2.05) is 0 Å². The van der Waals surface area contributed by atoms with Crippen molar-refractivity contribution in [2.24, 2.45) is 0 Å². The van der Waals surface area contributed by atoms with E-state index in [1.54, 1.807) is 0 Å². The molecular formula is C9H18LiN. The monoisotopic (exact) mass is 147 g/mol. The van der Waals surface area contributed by atoms with Crippen LogP contribution in [0.3, 0.4) is 0 Å². The van der Waals surface area contributed by atoms with Crippen LogP contribution in [0, 0.1) is 6.42 Å². The molecule has 0 saturated carbocycles. The van der Waals surface area contributed by atoms with Crippen molar-refractivity contribution in [3.8, 4) is 0 Å². The summed E-state index contributed by atoms with van der Waals surface area (Å²) in [6.45, 7) is 9.02. The van der Waals surface area contributed by atoms with Crippen LogP contribution in [0.15, 0.2) is 0 Å². The zero-order valence-electron chi connectivity index (χ0n) is 8.49. The first-order valence-electron chi connectivity index (χ1n) is 4.02. The number of rotatable bonds is 0. The summed E-state index contributed by atoms with van der Waals surface area (Å²) >= 11 is 0. The molecule has 0 aromatic heterocycles. The van der Waals surface area contributed by atoms with Gasteiger partial charge in [0.2, 0.25) is 0 Å². The Hall–Kier alpha value is 0.557. The largest absolute Gasteiger partial charge is 1.00 e. The molecule has 1 aliphatic heterocycles. The Labute approximate surface area is 82.5 Å². The molecule has 0 amide bonds. The van der Waals surface area contributed by atoms with E-state index in [9.17, 15) is 0 Å². The topological polar surface area (TPSA) is 12.0 Å². The van der Waals surface area contributed by atoms with E-state index >= 15 is 0 Å². The molecular weight excluding hydrogens is 129 g/mol. The maximum atomic E-state index is 3.60. The second-order valence-corrected chi connectivity index (χ2v) is 4.59. The van der Waals surface area contributed by atoms with E-state index in [0.29, 0.717) is 11.1 Å². The third kappa shape index (κ3) is 3.65. The number of nitrogens with one attached hydrogen (secondary N) is 1. The van der Waals surface area contributed by atoms with Gasteiger partial charge in [0.05, 0.1) is 0 Å². The predicted octanol–water partition coefficient (Wildman–Crippen LogP) is -0.865. The van der Waals surface area contributed by atoms with E-state index in [0.717, 1.165) is 0 Å². The third-order valence-corrected chi connectivity index (χ3v) is 1.99. The summed E-state index contributed by atoms with van der Waals surface area (Å²) < 4.78 is 0. The molecule has 0 bridgehead atoms. The second kappa shape index (κ2) is 3.52. The van der Waals surface area contributed by atoms with Gasteiger partial charge in [0.1, 0.15) is 0 Å². The molecule has 1 rings (SSSR count). The van der Waals surface area contributed by atoms with Crippen LogP contribution < -0.4 is 24.2 Å². The fourth-order valence-corrected chi connectivity index (χ4v) is 1.81. The van der Waals surface area contributed by atoms with Crippen LogP contribution in [0.5, 0.6) is 0 Å². The minimum atomic E-state index is 0. The maximum absolute atomic E-state index is 3.60. The van der Waals surface area contributed by atoms with Gasteiger partial charge in [0, 0.05) is 0 Å². The quantitative estimate of drug-likeness (QED) is 0.347. The van der Waals surface area contributed by atoms with Gasteiger partial charge in [-0.05, 0) is 38.8 Å². The van der Waals surface area contributed by atoms with Crippen molar-refractivity contribution < 1.29 is 18.9 Å². The van der Waals surface area contributed by atoms with E-state index < -0.39 is 0 Å². The summed E-state index contributed by atoms with van der Waals surface area (Å²) in [6.07, 6.45) is 4.77. The Morgan fingerprint density at radius 3 is 1.55 bits per heavy atom. The number of hydrogen-bond acceptors (Lipinski definition) is 1. The van der Waals surface area contributed by atoms with E-state index in [2.05, 4.69) is 39.4 Å². The normalized spacial score (nSPS) is 27.3. The molecule has 60 valence electrons. The minimum absolute atomic E-state index is 0. The average molecular weight is 147 g/mol. The van der Waals surface area contributed by atoms with Crippen molar-refractivity contribution in [3.05, 3.63) is 6.42 Å². The van der Waals surface area contributed by atoms with E-state index in [1.165, 1.54) is 12.8 Å². The van der Waals surface area contributed by atoms with Crippen molar-refractivity contribution in [2.75, 3.05) is 0 Å². The zero-order valence-corrected chi connectivity index (χ0v) is 8.49. The van der Waals surface area contributed by atoms with Gasteiger partial charge < -0.3 is 11.7 Å². The Balaban J connectivity index is 0.000001000. The average Bonchev–Trinajstić information content (AvgIpc) is 1.56. The molecule has 11 heavy (non-hydrogen) atoms. The molecule has 0 aromatic rings. The van der Waals surface area contributed by atoms with Crippen molar-refractivity contribution in [3.63, 3.8) is 0 Å². The third-order valence-electron chi connectivity index (χ3n) is 1.99. The fraction of sp³-hybridized carbons (Fsp3) is 0.889.